The zero-order chi connectivity index (χ0) is 10.8. The molecule has 0 atom stereocenters. The first-order chi connectivity index (χ1) is 6.50. The number of hydrogen-bond donors (Lipinski definition) is 0. The molecule has 1 rings (SSSR count). The van der Waals surface area contributed by atoms with Crippen molar-refractivity contribution in [3.05, 3.63) is 12.3 Å². The van der Waals surface area contributed by atoms with Crippen molar-refractivity contribution in [1.29, 1.82) is 0 Å². The van der Waals surface area contributed by atoms with Crippen LogP contribution in [0.3, 0.4) is 0 Å². The predicted octanol–water partition coefficient (Wildman–Crippen LogP) is 1.03. The molecule has 0 N–H and O–H groups in total. The highest BCUT2D eigenvalue weighted by atomic mass is 35.7. The first-order valence-electron chi connectivity index (χ1n) is 3.52. The van der Waals surface area contributed by atoms with Gasteiger partial charge in [0.15, 0.2) is 4.90 Å². The fourth-order valence-corrected chi connectivity index (χ4v) is 2.11. The van der Waals surface area contributed by atoms with E-state index in [-0.39, 0.29) is 16.5 Å². The summed E-state index contributed by atoms with van der Waals surface area (Å²) in [5, 5.41) is 0. The quantitative estimate of drug-likeness (QED) is 0.735. The number of ether oxygens (including phenoxy) is 2. The molecule has 1 aromatic rings. The van der Waals surface area contributed by atoms with E-state index in [0.29, 0.717) is 0 Å². The summed E-state index contributed by atoms with van der Waals surface area (Å²) < 4.78 is 31.9. The van der Waals surface area contributed by atoms with Gasteiger partial charge in [-0.25, -0.2) is 13.4 Å². The van der Waals surface area contributed by atoms with E-state index >= 15 is 0 Å². The van der Waals surface area contributed by atoms with Gasteiger partial charge >= 0.3 is 0 Å². The zero-order valence-electron chi connectivity index (χ0n) is 7.52. The highest BCUT2D eigenvalue weighted by molar-refractivity contribution is 8.13. The van der Waals surface area contributed by atoms with Crippen molar-refractivity contribution in [3.8, 4) is 11.6 Å². The maximum Gasteiger partial charge on any atom is 0.270 e. The van der Waals surface area contributed by atoms with Crippen molar-refractivity contribution in [2.45, 2.75) is 4.90 Å². The Kier molecular flexibility index (Phi) is 3.17. The lowest BCUT2D eigenvalue weighted by molar-refractivity contribution is 0.362. The van der Waals surface area contributed by atoms with Gasteiger partial charge < -0.3 is 9.47 Å². The summed E-state index contributed by atoms with van der Waals surface area (Å²) in [4.78, 5) is 3.45. The Bertz CT molecular complexity index is 409. The van der Waals surface area contributed by atoms with Gasteiger partial charge in [0.1, 0.15) is 5.75 Å². The Morgan fingerprint density at radius 1 is 1.36 bits per heavy atom. The minimum absolute atomic E-state index is 0.0839. The van der Waals surface area contributed by atoms with E-state index in [9.17, 15) is 8.42 Å². The maximum absolute atomic E-state index is 11.2. The van der Waals surface area contributed by atoms with Crippen LogP contribution in [0.25, 0.3) is 0 Å². The molecule has 0 aromatic carbocycles. The van der Waals surface area contributed by atoms with E-state index in [1.165, 1.54) is 26.5 Å². The molecule has 1 heterocycles. The van der Waals surface area contributed by atoms with Crippen LogP contribution >= 0.6 is 10.7 Å². The number of nitrogens with zero attached hydrogens (tertiary/aromatic N) is 1. The van der Waals surface area contributed by atoms with Crippen LogP contribution in [0.1, 0.15) is 0 Å². The van der Waals surface area contributed by atoms with E-state index in [1.807, 2.05) is 0 Å². The highest BCUT2D eigenvalue weighted by Gasteiger charge is 2.23. The smallest absolute Gasteiger partial charge is 0.270 e. The SMILES string of the molecule is COc1ccnc(OC)c1S(=O)(=O)Cl. The second-order valence-electron chi connectivity index (χ2n) is 2.29. The fourth-order valence-electron chi connectivity index (χ4n) is 0.943. The van der Waals surface area contributed by atoms with E-state index < -0.39 is 9.05 Å². The Morgan fingerprint density at radius 2 is 2.00 bits per heavy atom. The fraction of sp³-hybridized carbons (Fsp3) is 0.286. The van der Waals surface area contributed by atoms with E-state index in [2.05, 4.69) is 4.98 Å². The molecule has 0 bridgehead atoms. The van der Waals surface area contributed by atoms with Crippen LogP contribution in [0.2, 0.25) is 0 Å². The summed E-state index contributed by atoms with van der Waals surface area (Å²) in [7, 11) is 3.90. The highest BCUT2D eigenvalue weighted by Crippen LogP contribution is 2.33. The number of methoxy groups -OCH3 is 2. The number of aromatic nitrogens is 1. The van der Waals surface area contributed by atoms with Gasteiger partial charge in [0.2, 0.25) is 5.88 Å². The van der Waals surface area contributed by atoms with Crippen LogP contribution in [0.5, 0.6) is 11.6 Å². The molecule has 0 saturated heterocycles. The Balaban J connectivity index is 3.50. The number of pyridine rings is 1. The second kappa shape index (κ2) is 4.02. The molecule has 0 unspecified atom stereocenters. The van der Waals surface area contributed by atoms with E-state index in [4.69, 9.17) is 20.2 Å². The average molecular weight is 238 g/mol. The molecule has 1 aromatic heterocycles. The van der Waals surface area contributed by atoms with Gasteiger partial charge in [-0.1, -0.05) is 0 Å². The largest absolute Gasteiger partial charge is 0.495 e. The molecule has 78 valence electrons. The maximum atomic E-state index is 11.2. The number of hydrogen-bond acceptors (Lipinski definition) is 5. The van der Waals surface area contributed by atoms with Gasteiger partial charge in [0.05, 0.1) is 14.2 Å². The van der Waals surface area contributed by atoms with Gasteiger partial charge in [-0.05, 0) is 0 Å². The third kappa shape index (κ3) is 2.08. The summed E-state index contributed by atoms with van der Waals surface area (Å²) in [5.41, 5.74) is 0. The summed E-state index contributed by atoms with van der Waals surface area (Å²) in [5.74, 6) is 0.0196. The zero-order valence-corrected chi connectivity index (χ0v) is 9.09. The third-order valence-electron chi connectivity index (χ3n) is 1.49. The van der Waals surface area contributed by atoms with Gasteiger partial charge in [-0.3, -0.25) is 0 Å². The molecular formula is C7H8ClNO4S. The molecule has 0 amide bonds. The molecule has 5 nitrogen and oxygen atoms in total. The molecule has 14 heavy (non-hydrogen) atoms. The lowest BCUT2D eigenvalue weighted by Crippen LogP contribution is -2.01. The Morgan fingerprint density at radius 3 is 2.43 bits per heavy atom. The molecule has 0 aliphatic rings. The molecule has 0 radical (unpaired) electrons. The standard InChI is InChI=1S/C7H8ClNO4S/c1-12-5-3-4-9-7(13-2)6(5)14(8,10)11/h3-4H,1-2H3. The van der Waals surface area contributed by atoms with Crippen LogP contribution in [0.15, 0.2) is 17.2 Å². The average Bonchev–Trinajstić information content (AvgIpc) is 2.15. The number of rotatable bonds is 3. The topological polar surface area (TPSA) is 65.5 Å². The molecular weight excluding hydrogens is 230 g/mol. The molecule has 0 aliphatic carbocycles. The van der Waals surface area contributed by atoms with Crippen molar-refractivity contribution >= 4 is 19.7 Å². The van der Waals surface area contributed by atoms with Crippen LogP contribution < -0.4 is 9.47 Å². The second-order valence-corrected chi connectivity index (χ2v) is 4.79. The third-order valence-corrected chi connectivity index (χ3v) is 2.82. The van der Waals surface area contributed by atoms with Crippen LogP contribution in [-0.4, -0.2) is 27.6 Å². The number of halogens is 1. The monoisotopic (exact) mass is 237 g/mol. The predicted molar refractivity (Wildman–Crippen MR) is 50.4 cm³/mol. The lowest BCUT2D eigenvalue weighted by Gasteiger charge is -2.08. The van der Waals surface area contributed by atoms with Crippen LogP contribution in [0.4, 0.5) is 0 Å². The van der Waals surface area contributed by atoms with Crippen molar-refractivity contribution in [1.82, 2.24) is 4.98 Å². The van der Waals surface area contributed by atoms with Crippen molar-refractivity contribution in [2.24, 2.45) is 0 Å². The molecule has 0 spiro atoms. The normalized spacial score (nSPS) is 11.1. The Hall–Kier alpha value is -1.01. The van der Waals surface area contributed by atoms with Gasteiger partial charge in [0, 0.05) is 22.9 Å². The molecule has 0 saturated carbocycles. The molecule has 7 heteroatoms. The van der Waals surface area contributed by atoms with Crippen molar-refractivity contribution in [2.75, 3.05) is 14.2 Å². The summed E-state index contributed by atoms with van der Waals surface area (Å²) in [6, 6.07) is 1.39. The van der Waals surface area contributed by atoms with Gasteiger partial charge in [0.25, 0.3) is 9.05 Å². The van der Waals surface area contributed by atoms with Crippen LogP contribution in [-0.2, 0) is 9.05 Å². The summed E-state index contributed by atoms with van der Waals surface area (Å²) in [6.07, 6.45) is 1.36. The molecule has 0 fully saturated rings. The minimum Gasteiger partial charge on any atom is -0.495 e. The van der Waals surface area contributed by atoms with Gasteiger partial charge in [-0.15, -0.1) is 0 Å². The Labute approximate surface area is 86.0 Å². The van der Waals surface area contributed by atoms with E-state index in [1.54, 1.807) is 0 Å². The lowest BCUT2D eigenvalue weighted by atomic mass is 10.4. The minimum atomic E-state index is -3.93. The summed E-state index contributed by atoms with van der Waals surface area (Å²) in [6.45, 7) is 0. The van der Waals surface area contributed by atoms with Crippen LogP contribution in [0, 0.1) is 0 Å². The van der Waals surface area contributed by atoms with Crippen molar-refractivity contribution in [3.63, 3.8) is 0 Å². The van der Waals surface area contributed by atoms with E-state index in [0.717, 1.165) is 0 Å². The molecule has 0 aliphatic heterocycles. The first-order valence-corrected chi connectivity index (χ1v) is 5.83. The van der Waals surface area contributed by atoms with Crippen molar-refractivity contribution < 1.29 is 17.9 Å². The summed E-state index contributed by atoms with van der Waals surface area (Å²) >= 11 is 0. The first kappa shape index (κ1) is 11.1. The van der Waals surface area contributed by atoms with Gasteiger partial charge in [-0.2, -0.15) is 0 Å².